The van der Waals surface area contributed by atoms with Crippen LogP contribution in [0.25, 0.3) is 0 Å². The molecule has 0 atom stereocenters. The Morgan fingerprint density at radius 2 is 2.14 bits per heavy atom. The summed E-state index contributed by atoms with van der Waals surface area (Å²) in [7, 11) is 0. The lowest BCUT2D eigenvalue weighted by Gasteiger charge is -2.29. The van der Waals surface area contributed by atoms with Crippen LogP contribution >= 0.6 is 0 Å². The van der Waals surface area contributed by atoms with E-state index in [0.29, 0.717) is 0 Å². The molecular formula is C16H20N4O. The number of amides is 1. The third kappa shape index (κ3) is 2.63. The van der Waals surface area contributed by atoms with Gasteiger partial charge < -0.3 is 10.6 Å². The largest absolute Gasteiger partial charge is 0.399 e. The van der Waals surface area contributed by atoms with E-state index in [2.05, 4.69) is 5.10 Å². The molecule has 2 N–H and O–H groups in total. The highest BCUT2D eigenvalue weighted by Gasteiger charge is 2.23. The molecule has 0 fully saturated rings. The van der Waals surface area contributed by atoms with Crippen molar-refractivity contribution >= 4 is 17.3 Å². The van der Waals surface area contributed by atoms with Gasteiger partial charge in [-0.25, -0.2) is 0 Å². The maximum atomic E-state index is 12.6. The van der Waals surface area contributed by atoms with Crippen molar-refractivity contribution in [3.63, 3.8) is 0 Å². The van der Waals surface area contributed by atoms with E-state index >= 15 is 0 Å². The monoisotopic (exact) mass is 284 g/mol. The van der Waals surface area contributed by atoms with Gasteiger partial charge in [-0.15, -0.1) is 0 Å². The lowest BCUT2D eigenvalue weighted by molar-refractivity contribution is -0.119. The topological polar surface area (TPSA) is 64.2 Å². The number of anilines is 2. The summed E-state index contributed by atoms with van der Waals surface area (Å²) in [6.45, 7) is 4.95. The van der Waals surface area contributed by atoms with Crippen LogP contribution in [0.5, 0.6) is 0 Å². The summed E-state index contributed by atoms with van der Waals surface area (Å²) >= 11 is 0. The quantitative estimate of drug-likeness (QED) is 0.859. The molecule has 3 rings (SSSR count). The highest BCUT2D eigenvalue weighted by Crippen LogP contribution is 2.29. The van der Waals surface area contributed by atoms with Crippen LogP contribution in [0.1, 0.15) is 23.4 Å². The number of carbonyl (C=O) groups is 1. The molecule has 0 saturated carbocycles. The maximum absolute atomic E-state index is 12.6. The van der Waals surface area contributed by atoms with Gasteiger partial charge in [0.05, 0.1) is 5.69 Å². The minimum absolute atomic E-state index is 0.0759. The zero-order chi connectivity index (χ0) is 15.0. The van der Waals surface area contributed by atoms with Crippen LogP contribution in [0.4, 0.5) is 11.4 Å². The highest BCUT2D eigenvalue weighted by atomic mass is 16.2. The standard InChI is InChI=1S/C16H20N4O/c1-11-8-12(2)20(18-11)10-16(21)19-7-3-4-13-9-14(17)5-6-15(13)19/h5-6,8-9H,3-4,7,10,17H2,1-2H3. The van der Waals surface area contributed by atoms with Crippen molar-refractivity contribution in [2.45, 2.75) is 33.2 Å². The molecule has 5 nitrogen and oxygen atoms in total. The van der Waals surface area contributed by atoms with Gasteiger partial charge in [0.2, 0.25) is 5.91 Å². The van der Waals surface area contributed by atoms with Crippen LogP contribution in [0.15, 0.2) is 24.3 Å². The summed E-state index contributed by atoms with van der Waals surface area (Å²) in [5.41, 5.74) is 10.7. The molecule has 110 valence electrons. The van der Waals surface area contributed by atoms with Gasteiger partial charge in [-0.3, -0.25) is 9.48 Å². The first kappa shape index (κ1) is 13.7. The Morgan fingerprint density at radius 1 is 1.33 bits per heavy atom. The Balaban J connectivity index is 1.85. The number of carbonyl (C=O) groups excluding carboxylic acids is 1. The molecule has 1 aromatic carbocycles. The summed E-state index contributed by atoms with van der Waals surface area (Å²) < 4.78 is 1.77. The molecule has 0 bridgehead atoms. The summed E-state index contributed by atoms with van der Waals surface area (Å²) in [5, 5.41) is 4.36. The fraction of sp³-hybridized carbons (Fsp3) is 0.375. The van der Waals surface area contributed by atoms with Gasteiger partial charge in [-0.2, -0.15) is 5.10 Å². The van der Waals surface area contributed by atoms with Crippen molar-refractivity contribution in [3.8, 4) is 0 Å². The minimum Gasteiger partial charge on any atom is -0.399 e. The molecular weight excluding hydrogens is 264 g/mol. The summed E-state index contributed by atoms with van der Waals surface area (Å²) in [6.07, 6.45) is 1.95. The van der Waals surface area contributed by atoms with Crippen molar-refractivity contribution in [1.29, 1.82) is 0 Å². The fourth-order valence-corrected chi connectivity index (χ4v) is 2.92. The molecule has 0 radical (unpaired) electrons. The smallest absolute Gasteiger partial charge is 0.248 e. The first-order chi connectivity index (χ1) is 10.0. The average molecular weight is 284 g/mol. The van der Waals surface area contributed by atoms with E-state index < -0.39 is 0 Å². The number of nitrogen functional groups attached to an aromatic ring is 1. The van der Waals surface area contributed by atoms with Crippen LogP contribution in [0, 0.1) is 13.8 Å². The van der Waals surface area contributed by atoms with Crippen LogP contribution in [0.2, 0.25) is 0 Å². The van der Waals surface area contributed by atoms with Crippen LogP contribution in [0.3, 0.4) is 0 Å². The van der Waals surface area contributed by atoms with E-state index in [4.69, 9.17) is 5.73 Å². The molecule has 5 heteroatoms. The number of hydrogen-bond acceptors (Lipinski definition) is 3. The van der Waals surface area contributed by atoms with Crippen molar-refractivity contribution in [3.05, 3.63) is 41.2 Å². The van der Waals surface area contributed by atoms with E-state index in [1.807, 2.05) is 43.0 Å². The van der Waals surface area contributed by atoms with Gasteiger partial charge in [0.15, 0.2) is 0 Å². The predicted octanol–water partition coefficient (Wildman–Crippen LogP) is 2.06. The number of rotatable bonds is 2. The molecule has 0 saturated heterocycles. The molecule has 2 aromatic rings. The number of hydrogen-bond donors (Lipinski definition) is 1. The van der Waals surface area contributed by atoms with Crippen LogP contribution in [-0.2, 0) is 17.8 Å². The lowest BCUT2D eigenvalue weighted by atomic mass is 10.0. The summed E-state index contributed by atoms with van der Waals surface area (Å²) in [6, 6.07) is 7.76. The molecule has 1 aliphatic rings. The zero-order valence-electron chi connectivity index (χ0n) is 12.5. The van der Waals surface area contributed by atoms with E-state index in [0.717, 1.165) is 47.7 Å². The molecule has 1 aliphatic heterocycles. The number of nitrogens with two attached hydrogens (primary N) is 1. The molecule has 2 heterocycles. The second kappa shape index (κ2) is 5.24. The number of benzene rings is 1. The Kier molecular flexibility index (Phi) is 3.41. The zero-order valence-corrected chi connectivity index (χ0v) is 12.5. The van der Waals surface area contributed by atoms with Gasteiger partial charge in [-0.1, -0.05) is 0 Å². The molecule has 0 aliphatic carbocycles. The highest BCUT2D eigenvalue weighted by molar-refractivity contribution is 5.94. The minimum atomic E-state index is 0.0759. The molecule has 21 heavy (non-hydrogen) atoms. The SMILES string of the molecule is Cc1cc(C)n(CC(=O)N2CCCc3cc(N)ccc32)n1. The Hall–Kier alpha value is -2.30. The van der Waals surface area contributed by atoms with Crippen molar-refractivity contribution < 1.29 is 4.79 Å². The van der Waals surface area contributed by atoms with E-state index in [9.17, 15) is 4.79 Å². The first-order valence-electron chi connectivity index (χ1n) is 7.24. The third-order valence-corrected chi connectivity index (χ3v) is 3.91. The molecule has 0 unspecified atom stereocenters. The maximum Gasteiger partial charge on any atom is 0.248 e. The average Bonchev–Trinajstić information content (AvgIpc) is 2.75. The van der Waals surface area contributed by atoms with Crippen molar-refractivity contribution in [1.82, 2.24) is 9.78 Å². The number of fused-ring (bicyclic) bond motifs is 1. The van der Waals surface area contributed by atoms with E-state index in [-0.39, 0.29) is 12.5 Å². The van der Waals surface area contributed by atoms with Crippen molar-refractivity contribution in [2.75, 3.05) is 17.2 Å². The molecule has 0 spiro atoms. The van der Waals surface area contributed by atoms with E-state index in [1.165, 1.54) is 0 Å². The van der Waals surface area contributed by atoms with Gasteiger partial charge in [0, 0.05) is 23.6 Å². The Morgan fingerprint density at radius 3 is 2.86 bits per heavy atom. The predicted molar refractivity (Wildman–Crippen MR) is 83.2 cm³/mol. The molecule has 1 amide bonds. The normalized spacial score (nSPS) is 14.1. The summed E-state index contributed by atoms with van der Waals surface area (Å²) in [4.78, 5) is 14.5. The van der Waals surface area contributed by atoms with Gasteiger partial charge >= 0.3 is 0 Å². The van der Waals surface area contributed by atoms with Gasteiger partial charge in [-0.05, 0) is 56.5 Å². The Labute approximate surface area is 124 Å². The molecule has 1 aromatic heterocycles. The fourth-order valence-electron chi connectivity index (χ4n) is 2.92. The Bertz CT molecular complexity index is 690. The van der Waals surface area contributed by atoms with Gasteiger partial charge in [0.25, 0.3) is 0 Å². The first-order valence-corrected chi connectivity index (χ1v) is 7.24. The second-order valence-electron chi connectivity index (χ2n) is 5.62. The van der Waals surface area contributed by atoms with Crippen molar-refractivity contribution in [2.24, 2.45) is 0 Å². The number of nitrogens with zero attached hydrogens (tertiary/aromatic N) is 3. The second-order valence-corrected chi connectivity index (χ2v) is 5.62. The van der Waals surface area contributed by atoms with Crippen LogP contribution in [-0.4, -0.2) is 22.2 Å². The lowest BCUT2D eigenvalue weighted by Crippen LogP contribution is -2.38. The van der Waals surface area contributed by atoms with Crippen LogP contribution < -0.4 is 10.6 Å². The third-order valence-electron chi connectivity index (χ3n) is 3.91. The summed E-state index contributed by atoms with van der Waals surface area (Å²) in [5.74, 6) is 0.0759. The number of aromatic nitrogens is 2. The van der Waals surface area contributed by atoms with E-state index in [1.54, 1.807) is 4.68 Å². The van der Waals surface area contributed by atoms with Gasteiger partial charge in [0.1, 0.15) is 6.54 Å². The number of aryl methyl sites for hydroxylation is 3.